The third-order valence-electron chi connectivity index (χ3n) is 2.22. The lowest BCUT2D eigenvalue weighted by Crippen LogP contribution is -2.41. The Bertz CT molecular complexity index is 538. The highest BCUT2D eigenvalue weighted by molar-refractivity contribution is 7.89. The third-order valence-corrected chi connectivity index (χ3v) is 3.62. The topological polar surface area (TPSA) is 138 Å². The Morgan fingerprint density at radius 2 is 2.26 bits per heavy atom. The van der Waals surface area contributed by atoms with Crippen LogP contribution < -0.4 is 4.72 Å². The van der Waals surface area contributed by atoms with E-state index in [1.165, 1.54) is 0 Å². The summed E-state index contributed by atoms with van der Waals surface area (Å²) in [5.41, 5.74) is 0. The zero-order valence-corrected chi connectivity index (χ0v) is 10.8. The van der Waals surface area contributed by atoms with Gasteiger partial charge in [0, 0.05) is 6.42 Å². The van der Waals surface area contributed by atoms with E-state index in [4.69, 9.17) is 5.11 Å². The van der Waals surface area contributed by atoms with Gasteiger partial charge in [0.25, 0.3) is 10.0 Å². The number of aromatic nitrogens is 2. The number of carbonyl (C=O) groups is 2. The van der Waals surface area contributed by atoms with Gasteiger partial charge in [-0.2, -0.15) is 4.72 Å². The van der Waals surface area contributed by atoms with Gasteiger partial charge in [0.1, 0.15) is 6.04 Å². The summed E-state index contributed by atoms with van der Waals surface area (Å²) in [6.07, 6.45) is 1.77. The molecule has 0 fully saturated rings. The smallest absolute Gasteiger partial charge is 0.321 e. The molecule has 19 heavy (non-hydrogen) atoms. The number of H-pyrrole nitrogens is 1. The van der Waals surface area contributed by atoms with E-state index >= 15 is 0 Å². The van der Waals surface area contributed by atoms with Crippen molar-refractivity contribution < 1.29 is 27.9 Å². The molecule has 0 radical (unpaired) electrons. The molecule has 0 amide bonds. The largest absolute Gasteiger partial charge is 0.480 e. The highest BCUT2D eigenvalue weighted by Gasteiger charge is 2.26. The zero-order valence-electron chi connectivity index (χ0n) is 9.99. The number of aliphatic carboxylic acids is 1. The molecule has 1 heterocycles. The number of ether oxygens (including phenoxy) is 1. The van der Waals surface area contributed by atoms with Crippen molar-refractivity contribution in [1.29, 1.82) is 0 Å². The molecule has 0 aliphatic heterocycles. The first-order valence-corrected chi connectivity index (χ1v) is 6.65. The fourth-order valence-electron chi connectivity index (χ4n) is 1.24. The first-order valence-electron chi connectivity index (χ1n) is 5.17. The van der Waals surface area contributed by atoms with Crippen LogP contribution in [0.15, 0.2) is 17.6 Å². The van der Waals surface area contributed by atoms with Crippen LogP contribution in [0, 0.1) is 0 Å². The second kappa shape index (κ2) is 6.29. The number of sulfonamides is 1. The number of aromatic amines is 1. The van der Waals surface area contributed by atoms with Gasteiger partial charge < -0.3 is 14.8 Å². The minimum absolute atomic E-state index is 0.209. The number of methoxy groups -OCH3 is 1. The van der Waals surface area contributed by atoms with E-state index in [1.807, 2.05) is 4.72 Å². The molecule has 0 bridgehead atoms. The van der Waals surface area contributed by atoms with Gasteiger partial charge in [-0.3, -0.25) is 9.59 Å². The van der Waals surface area contributed by atoms with Crippen LogP contribution in [-0.2, 0) is 24.3 Å². The number of carbonyl (C=O) groups excluding carboxylic acids is 1. The molecule has 0 unspecified atom stereocenters. The number of imidazole rings is 1. The Balaban J connectivity index is 2.74. The van der Waals surface area contributed by atoms with Crippen molar-refractivity contribution in [2.75, 3.05) is 7.11 Å². The van der Waals surface area contributed by atoms with Gasteiger partial charge in [0.2, 0.25) is 0 Å². The molecule has 1 atom stereocenters. The molecule has 1 rings (SSSR count). The van der Waals surface area contributed by atoms with Gasteiger partial charge in [-0.25, -0.2) is 13.4 Å². The molecule has 1 aromatic heterocycles. The number of carboxylic acid groups (broad SMARTS) is 1. The van der Waals surface area contributed by atoms with Crippen molar-refractivity contribution in [3.63, 3.8) is 0 Å². The lowest BCUT2D eigenvalue weighted by molar-refractivity contribution is -0.142. The normalized spacial score (nSPS) is 12.9. The molecular formula is C9H13N3O6S. The average molecular weight is 291 g/mol. The van der Waals surface area contributed by atoms with E-state index in [2.05, 4.69) is 14.7 Å². The summed E-state index contributed by atoms with van der Waals surface area (Å²) in [5.74, 6) is -2.00. The second-order valence-corrected chi connectivity index (χ2v) is 5.23. The van der Waals surface area contributed by atoms with Crippen LogP contribution in [0.5, 0.6) is 0 Å². The molecule has 1 aromatic rings. The summed E-state index contributed by atoms with van der Waals surface area (Å²) < 4.78 is 29.8. The van der Waals surface area contributed by atoms with E-state index in [9.17, 15) is 18.0 Å². The summed E-state index contributed by atoms with van der Waals surface area (Å²) in [4.78, 5) is 27.8. The molecule has 0 aliphatic rings. The van der Waals surface area contributed by atoms with Gasteiger partial charge >= 0.3 is 11.9 Å². The number of esters is 1. The van der Waals surface area contributed by atoms with Gasteiger partial charge in [-0.1, -0.05) is 0 Å². The predicted octanol–water partition coefficient (Wildman–Crippen LogP) is -0.906. The number of hydrogen-bond acceptors (Lipinski definition) is 6. The van der Waals surface area contributed by atoms with E-state index in [-0.39, 0.29) is 17.9 Å². The lowest BCUT2D eigenvalue weighted by atomic mass is 10.2. The van der Waals surface area contributed by atoms with Gasteiger partial charge in [0.15, 0.2) is 5.03 Å². The monoisotopic (exact) mass is 291 g/mol. The number of nitrogens with zero attached hydrogens (tertiary/aromatic N) is 1. The van der Waals surface area contributed by atoms with Crippen molar-refractivity contribution in [2.24, 2.45) is 0 Å². The van der Waals surface area contributed by atoms with Crippen LogP contribution in [0.2, 0.25) is 0 Å². The van der Waals surface area contributed by atoms with Crippen molar-refractivity contribution in [2.45, 2.75) is 23.9 Å². The fraction of sp³-hybridized carbons (Fsp3) is 0.444. The predicted molar refractivity (Wildman–Crippen MR) is 61.6 cm³/mol. The first kappa shape index (κ1) is 15.1. The van der Waals surface area contributed by atoms with Gasteiger partial charge in [0.05, 0.1) is 19.6 Å². The van der Waals surface area contributed by atoms with Crippen LogP contribution >= 0.6 is 0 Å². The Kier molecular flexibility index (Phi) is 5.01. The van der Waals surface area contributed by atoms with E-state index < -0.39 is 28.0 Å². The third kappa shape index (κ3) is 4.34. The van der Waals surface area contributed by atoms with E-state index in [0.717, 1.165) is 19.6 Å². The quantitative estimate of drug-likeness (QED) is 0.553. The summed E-state index contributed by atoms with van der Waals surface area (Å²) >= 11 is 0. The van der Waals surface area contributed by atoms with Gasteiger partial charge in [-0.05, 0) is 6.42 Å². The Morgan fingerprint density at radius 3 is 2.74 bits per heavy atom. The van der Waals surface area contributed by atoms with Crippen LogP contribution in [-0.4, -0.2) is 48.6 Å². The Morgan fingerprint density at radius 1 is 1.58 bits per heavy atom. The number of rotatable bonds is 7. The molecular weight excluding hydrogens is 278 g/mol. The van der Waals surface area contributed by atoms with Crippen LogP contribution in [0.1, 0.15) is 12.8 Å². The maximum atomic E-state index is 11.8. The van der Waals surface area contributed by atoms with Crippen molar-refractivity contribution >= 4 is 22.0 Å². The van der Waals surface area contributed by atoms with Crippen molar-refractivity contribution in [1.82, 2.24) is 14.7 Å². The molecule has 9 nitrogen and oxygen atoms in total. The number of nitrogens with one attached hydrogen (secondary N) is 2. The molecule has 0 saturated heterocycles. The number of hydrogen-bond donors (Lipinski definition) is 3. The van der Waals surface area contributed by atoms with Crippen LogP contribution in [0.4, 0.5) is 0 Å². The zero-order chi connectivity index (χ0) is 14.5. The average Bonchev–Trinajstić information content (AvgIpc) is 2.88. The first-order chi connectivity index (χ1) is 8.86. The molecule has 3 N–H and O–H groups in total. The maximum Gasteiger partial charge on any atom is 0.321 e. The highest BCUT2D eigenvalue weighted by atomic mass is 32.2. The van der Waals surface area contributed by atoms with E-state index in [1.54, 1.807) is 0 Å². The van der Waals surface area contributed by atoms with Crippen molar-refractivity contribution in [3.8, 4) is 0 Å². The fourth-order valence-corrected chi connectivity index (χ4v) is 2.37. The SMILES string of the molecule is COC(=O)CC[C@@H](NS(=O)(=O)c1cnc[nH]1)C(=O)O. The molecule has 106 valence electrons. The molecule has 0 aromatic carbocycles. The Labute approximate surface area is 109 Å². The van der Waals surface area contributed by atoms with Crippen LogP contribution in [0.3, 0.4) is 0 Å². The minimum atomic E-state index is -4.02. The molecule has 0 aliphatic carbocycles. The summed E-state index contributed by atoms with van der Waals surface area (Å²) in [6, 6.07) is -1.42. The molecule has 10 heteroatoms. The lowest BCUT2D eigenvalue weighted by Gasteiger charge is -2.13. The van der Waals surface area contributed by atoms with Crippen LogP contribution in [0.25, 0.3) is 0 Å². The highest BCUT2D eigenvalue weighted by Crippen LogP contribution is 2.07. The summed E-state index contributed by atoms with van der Waals surface area (Å²) in [5, 5.41) is 8.66. The van der Waals surface area contributed by atoms with E-state index in [0.29, 0.717) is 0 Å². The minimum Gasteiger partial charge on any atom is -0.480 e. The van der Waals surface area contributed by atoms with Crippen molar-refractivity contribution in [3.05, 3.63) is 12.5 Å². The maximum absolute atomic E-state index is 11.8. The van der Waals surface area contributed by atoms with Gasteiger partial charge in [-0.15, -0.1) is 0 Å². The Hall–Kier alpha value is -1.94. The second-order valence-electron chi connectivity index (χ2n) is 3.54. The summed E-state index contributed by atoms with van der Waals surface area (Å²) in [6.45, 7) is 0. The number of carboxylic acids is 1. The summed E-state index contributed by atoms with van der Waals surface area (Å²) in [7, 11) is -2.86. The molecule has 0 saturated carbocycles. The molecule has 0 spiro atoms. The standard InChI is InChI=1S/C9H13N3O6S/c1-18-8(13)3-2-6(9(14)15)12-19(16,17)7-4-10-5-11-7/h4-6,12H,2-3H2,1H3,(H,10,11)(H,14,15)/t6-/m1/s1.